The van der Waals surface area contributed by atoms with Crippen LogP contribution in [0.15, 0.2) is 0 Å². The summed E-state index contributed by atoms with van der Waals surface area (Å²) in [5, 5.41) is 0. The molecule has 0 spiro atoms. The highest BCUT2D eigenvalue weighted by Crippen LogP contribution is 2.14. The predicted molar refractivity (Wildman–Crippen MR) is 58.9 cm³/mol. The smallest absolute Gasteiger partial charge is 0.383 e. The zero-order valence-electron chi connectivity index (χ0n) is 10.1. The quantitative estimate of drug-likeness (QED) is 0.590. The van der Waals surface area contributed by atoms with Gasteiger partial charge in [0.1, 0.15) is 6.61 Å². The van der Waals surface area contributed by atoms with Crippen LogP contribution in [-0.2, 0) is 9.47 Å². The lowest BCUT2D eigenvalue weighted by Gasteiger charge is -2.20. The van der Waals surface area contributed by atoms with Gasteiger partial charge in [0.05, 0.1) is 6.61 Å². The molecular weight excluding hydrogens is 237 g/mol. The third kappa shape index (κ3) is 11.9. The molecule has 17 heavy (non-hydrogen) atoms. The molecule has 0 rings (SSSR count). The van der Waals surface area contributed by atoms with E-state index in [1.165, 1.54) is 0 Å². The van der Waals surface area contributed by atoms with Crippen LogP contribution in [0, 0.1) is 0 Å². The Bertz CT molecular complexity index is 179. The lowest BCUT2D eigenvalue weighted by atomic mass is 10.3. The van der Waals surface area contributed by atoms with E-state index in [-0.39, 0.29) is 6.61 Å². The van der Waals surface area contributed by atoms with Crippen molar-refractivity contribution >= 4 is 0 Å². The molecule has 0 atom stereocenters. The first kappa shape index (κ1) is 16.6. The molecule has 0 amide bonds. The maximum atomic E-state index is 11.8. The molecule has 0 aromatic carbocycles. The monoisotopic (exact) mass is 258 g/mol. The fraction of sp³-hybridized carbons (Fsp3) is 1.00. The highest BCUT2D eigenvalue weighted by atomic mass is 19.4. The summed E-state index contributed by atoms with van der Waals surface area (Å²) in [6, 6.07) is 0. The Balaban J connectivity index is 3.53. The van der Waals surface area contributed by atoms with Crippen molar-refractivity contribution < 1.29 is 22.6 Å². The van der Waals surface area contributed by atoms with Crippen molar-refractivity contribution in [1.29, 1.82) is 0 Å². The summed E-state index contributed by atoms with van der Waals surface area (Å²) in [5.41, 5.74) is 5.43. The Kier molecular flexibility index (Phi) is 9.43. The number of halogens is 3. The first-order chi connectivity index (χ1) is 7.99. The van der Waals surface area contributed by atoms with Crippen molar-refractivity contribution in [2.75, 3.05) is 53.1 Å². The van der Waals surface area contributed by atoms with Crippen LogP contribution in [0.4, 0.5) is 13.2 Å². The van der Waals surface area contributed by atoms with Crippen LogP contribution >= 0.6 is 0 Å². The summed E-state index contributed by atoms with van der Waals surface area (Å²) < 4.78 is 44.7. The van der Waals surface area contributed by atoms with Crippen molar-refractivity contribution in [2.45, 2.75) is 12.6 Å². The fourth-order valence-corrected chi connectivity index (χ4v) is 1.32. The van der Waals surface area contributed by atoms with Gasteiger partial charge in [0.15, 0.2) is 0 Å². The molecule has 0 radical (unpaired) electrons. The highest BCUT2D eigenvalue weighted by molar-refractivity contribution is 4.58. The van der Waals surface area contributed by atoms with E-state index in [2.05, 4.69) is 4.74 Å². The summed E-state index contributed by atoms with van der Waals surface area (Å²) in [5.74, 6) is 0. The van der Waals surface area contributed by atoms with Crippen LogP contribution in [0.5, 0.6) is 0 Å². The molecule has 0 heterocycles. The van der Waals surface area contributed by atoms with Crippen LogP contribution in [0.25, 0.3) is 0 Å². The summed E-state index contributed by atoms with van der Waals surface area (Å²) in [4.78, 5) is 2.04. The van der Waals surface area contributed by atoms with E-state index >= 15 is 0 Å². The largest absolute Gasteiger partial charge is 0.411 e. The van der Waals surface area contributed by atoms with Crippen molar-refractivity contribution in [2.24, 2.45) is 5.73 Å². The van der Waals surface area contributed by atoms with Gasteiger partial charge in [-0.2, -0.15) is 13.2 Å². The average Bonchev–Trinajstić information content (AvgIpc) is 2.23. The third-order valence-electron chi connectivity index (χ3n) is 2.09. The third-order valence-corrected chi connectivity index (χ3v) is 2.09. The number of methoxy groups -OCH3 is 1. The number of hydrogen-bond acceptors (Lipinski definition) is 4. The van der Waals surface area contributed by atoms with E-state index < -0.39 is 12.8 Å². The van der Waals surface area contributed by atoms with E-state index in [9.17, 15) is 13.2 Å². The van der Waals surface area contributed by atoms with E-state index in [0.717, 1.165) is 6.54 Å². The predicted octanol–water partition coefficient (Wildman–Crippen LogP) is 0.863. The second-order valence-corrected chi connectivity index (χ2v) is 3.64. The van der Waals surface area contributed by atoms with Gasteiger partial charge in [-0.15, -0.1) is 0 Å². The van der Waals surface area contributed by atoms with Gasteiger partial charge in [-0.3, -0.25) is 4.90 Å². The van der Waals surface area contributed by atoms with Gasteiger partial charge in [0.2, 0.25) is 0 Å². The molecule has 2 N–H and O–H groups in total. The first-order valence-electron chi connectivity index (χ1n) is 5.55. The number of nitrogens with two attached hydrogens (primary N) is 1. The summed E-state index contributed by atoms with van der Waals surface area (Å²) in [6.07, 6.45) is -3.69. The van der Waals surface area contributed by atoms with Crippen molar-refractivity contribution in [3.63, 3.8) is 0 Å². The molecule has 7 heteroatoms. The molecule has 0 saturated heterocycles. The maximum Gasteiger partial charge on any atom is 0.411 e. The molecule has 0 aliphatic heterocycles. The SMILES string of the molecule is COCCN(CCN)CCCOCC(F)(F)F. The van der Waals surface area contributed by atoms with Gasteiger partial charge < -0.3 is 15.2 Å². The van der Waals surface area contributed by atoms with Gasteiger partial charge in [-0.25, -0.2) is 0 Å². The Hall–Kier alpha value is -0.370. The molecule has 104 valence electrons. The molecule has 0 unspecified atom stereocenters. The van der Waals surface area contributed by atoms with Crippen LogP contribution in [0.1, 0.15) is 6.42 Å². The van der Waals surface area contributed by atoms with Gasteiger partial charge in [-0.1, -0.05) is 0 Å². The second-order valence-electron chi connectivity index (χ2n) is 3.64. The Morgan fingerprint density at radius 1 is 1.12 bits per heavy atom. The minimum absolute atomic E-state index is 0.105. The van der Waals surface area contributed by atoms with E-state index in [1.807, 2.05) is 4.90 Å². The first-order valence-corrected chi connectivity index (χ1v) is 5.55. The Morgan fingerprint density at radius 3 is 2.35 bits per heavy atom. The van der Waals surface area contributed by atoms with Crippen molar-refractivity contribution in [3.05, 3.63) is 0 Å². The average molecular weight is 258 g/mol. The zero-order valence-corrected chi connectivity index (χ0v) is 10.1. The minimum Gasteiger partial charge on any atom is -0.383 e. The van der Waals surface area contributed by atoms with Gasteiger partial charge in [0, 0.05) is 39.9 Å². The van der Waals surface area contributed by atoms with E-state index in [1.54, 1.807) is 7.11 Å². The second kappa shape index (κ2) is 9.64. The molecule has 0 aromatic heterocycles. The van der Waals surface area contributed by atoms with Crippen LogP contribution < -0.4 is 5.73 Å². The number of alkyl halides is 3. The number of hydrogen-bond donors (Lipinski definition) is 1. The molecule has 4 nitrogen and oxygen atoms in total. The lowest BCUT2D eigenvalue weighted by molar-refractivity contribution is -0.174. The van der Waals surface area contributed by atoms with Crippen LogP contribution in [-0.4, -0.2) is 64.2 Å². The Labute approximate surface area is 99.8 Å². The van der Waals surface area contributed by atoms with Gasteiger partial charge in [0.25, 0.3) is 0 Å². The maximum absolute atomic E-state index is 11.8. The molecular formula is C10H21F3N2O2. The molecule has 0 aromatic rings. The van der Waals surface area contributed by atoms with E-state index in [4.69, 9.17) is 10.5 Å². The van der Waals surface area contributed by atoms with Crippen LogP contribution in [0.2, 0.25) is 0 Å². The van der Waals surface area contributed by atoms with Crippen molar-refractivity contribution in [1.82, 2.24) is 4.90 Å². The summed E-state index contributed by atoms with van der Waals surface area (Å²) in [7, 11) is 1.60. The molecule has 0 fully saturated rings. The number of nitrogens with zero attached hydrogens (tertiary/aromatic N) is 1. The highest BCUT2D eigenvalue weighted by Gasteiger charge is 2.27. The molecule has 0 bridgehead atoms. The summed E-state index contributed by atoms with van der Waals surface area (Å²) in [6.45, 7) is 2.14. The number of ether oxygens (including phenoxy) is 2. The molecule has 0 aliphatic rings. The lowest BCUT2D eigenvalue weighted by Crippen LogP contribution is -2.33. The van der Waals surface area contributed by atoms with Gasteiger partial charge in [-0.05, 0) is 6.42 Å². The topological polar surface area (TPSA) is 47.7 Å². The number of rotatable bonds is 10. The normalized spacial score (nSPS) is 12.4. The fourth-order valence-electron chi connectivity index (χ4n) is 1.32. The molecule has 0 saturated carbocycles. The standard InChI is InChI=1S/C10H21F3N2O2/c1-16-8-6-15(5-3-14)4-2-7-17-9-10(11,12)13/h2-9,14H2,1H3. The van der Waals surface area contributed by atoms with Gasteiger partial charge >= 0.3 is 6.18 Å². The van der Waals surface area contributed by atoms with E-state index in [0.29, 0.717) is 32.7 Å². The molecule has 0 aliphatic carbocycles. The zero-order chi connectivity index (χ0) is 13.1. The minimum atomic E-state index is -4.24. The summed E-state index contributed by atoms with van der Waals surface area (Å²) >= 11 is 0. The Morgan fingerprint density at radius 2 is 1.82 bits per heavy atom. The van der Waals surface area contributed by atoms with Crippen molar-refractivity contribution in [3.8, 4) is 0 Å². The van der Waals surface area contributed by atoms with Crippen LogP contribution in [0.3, 0.4) is 0 Å².